The molecule has 0 atom stereocenters. The molecule has 1 aromatic carbocycles. The summed E-state index contributed by atoms with van der Waals surface area (Å²) in [5, 5.41) is 14.3. The Morgan fingerprint density at radius 3 is 2.88 bits per heavy atom. The molecule has 0 N–H and O–H groups in total. The van der Waals surface area contributed by atoms with Gasteiger partial charge in [0.1, 0.15) is 6.07 Å². The summed E-state index contributed by atoms with van der Waals surface area (Å²) in [6.07, 6.45) is 1.49. The number of nitrogens with zero attached hydrogens (tertiary/aromatic N) is 4. The first-order valence-corrected chi connectivity index (χ1v) is 7.32. The molecule has 1 aliphatic rings. The third-order valence-corrected chi connectivity index (χ3v) is 3.72. The van der Waals surface area contributed by atoms with E-state index in [-0.39, 0.29) is 24.3 Å². The van der Waals surface area contributed by atoms with Gasteiger partial charge in [-0.3, -0.25) is 4.79 Å². The van der Waals surface area contributed by atoms with Crippen molar-refractivity contribution < 1.29 is 13.9 Å². The first-order chi connectivity index (χ1) is 11.6. The van der Waals surface area contributed by atoms with Crippen LogP contribution in [-0.4, -0.2) is 21.6 Å². The van der Waals surface area contributed by atoms with Crippen LogP contribution < -0.4 is 15.0 Å². The summed E-state index contributed by atoms with van der Waals surface area (Å²) in [7, 11) is 0. The molecule has 0 aliphatic carbocycles. The fraction of sp³-hybridized carbons (Fsp3) is 0.250. The van der Waals surface area contributed by atoms with Crippen LogP contribution in [0.15, 0.2) is 27.5 Å². The van der Waals surface area contributed by atoms with E-state index in [1.165, 1.54) is 6.20 Å². The minimum Gasteiger partial charge on any atom is -0.454 e. The van der Waals surface area contributed by atoms with Crippen LogP contribution in [0.5, 0.6) is 11.5 Å². The molecule has 120 valence electrons. The van der Waals surface area contributed by atoms with Crippen molar-refractivity contribution in [1.82, 2.24) is 14.8 Å². The highest BCUT2D eigenvalue weighted by Gasteiger charge is 2.22. The second kappa shape index (κ2) is 5.09. The predicted molar refractivity (Wildman–Crippen MR) is 82.3 cm³/mol. The number of ether oxygens (including phenoxy) is 2. The standard InChI is InChI=1S/C16H12N4O4/c1-8(2)14-19-11(5-17)16(24-14)20-15(21)9-3-4-12-13(23-7-22-12)10(9)6-18-20/h3-4,6,8H,7H2,1-2H3. The molecule has 3 aromatic rings. The van der Waals surface area contributed by atoms with Crippen LogP contribution in [0.3, 0.4) is 0 Å². The van der Waals surface area contributed by atoms with Crippen LogP contribution in [-0.2, 0) is 0 Å². The topological polar surface area (TPSA) is 103 Å². The van der Waals surface area contributed by atoms with Crippen LogP contribution in [0.1, 0.15) is 31.4 Å². The van der Waals surface area contributed by atoms with Gasteiger partial charge >= 0.3 is 0 Å². The monoisotopic (exact) mass is 324 g/mol. The van der Waals surface area contributed by atoms with E-state index in [4.69, 9.17) is 13.9 Å². The van der Waals surface area contributed by atoms with Gasteiger partial charge < -0.3 is 13.9 Å². The molecule has 8 nitrogen and oxygen atoms in total. The molecule has 0 saturated heterocycles. The van der Waals surface area contributed by atoms with E-state index < -0.39 is 5.56 Å². The van der Waals surface area contributed by atoms with E-state index in [0.717, 1.165) is 4.68 Å². The van der Waals surface area contributed by atoms with E-state index >= 15 is 0 Å². The molecule has 8 heteroatoms. The molecule has 0 unspecified atom stereocenters. The summed E-state index contributed by atoms with van der Waals surface area (Å²) in [4.78, 5) is 16.9. The quantitative estimate of drug-likeness (QED) is 0.711. The number of hydrogen-bond donors (Lipinski definition) is 0. The maximum absolute atomic E-state index is 12.8. The summed E-state index contributed by atoms with van der Waals surface area (Å²) in [5.74, 6) is 1.44. The number of rotatable bonds is 2. The Kier molecular flexibility index (Phi) is 3.03. The average molecular weight is 324 g/mol. The molecule has 0 fully saturated rings. The normalized spacial score (nSPS) is 12.8. The van der Waals surface area contributed by atoms with Crippen LogP contribution >= 0.6 is 0 Å². The first kappa shape index (κ1) is 14.3. The molecular formula is C16H12N4O4. The molecule has 3 heterocycles. The second-order valence-electron chi connectivity index (χ2n) is 5.59. The van der Waals surface area contributed by atoms with Crippen molar-refractivity contribution in [2.45, 2.75) is 19.8 Å². The predicted octanol–water partition coefficient (Wildman–Crippen LogP) is 2.10. The lowest BCUT2D eigenvalue weighted by Gasteiger charge is -2.05. The number of fused-ring (bicyclic) bond motifs is 3. The van der Waals surface area contributed by atoms with Gasteiger partial charge in [0.05, 0.1) is 17.0 Å². The molecule has 1 aliphatic heterocycles. The van der Waals surface area contributed by atoms with Gasteiger partial charge in [0.15, 0.2) is 11.5 Å². The van der Waals surface area contributed by atoms with Crippen molar-refractivity contribution >= 4 is 10.8 Å². The third-order valence-electron chi connectivity index (χ3n) is 3.72. The summed E-state index contributed by atoms with van der Waals surface area (Å²) >= 11 is 0. The zero-order valence-corrected chi connectivity index (χ0v) is 12.9. The van der Waals surface area contributed by atoms with E-state index in [1.54, 1.807) is 12.1 Å². The maximum atomic E-state index is 12.8. The lowest BCUT2D eigenvalue weighted by molar-refractivity contribution is 0.175. The number of oxazole rings is 1. The Morgan fingerprint density at radius 1 is 1.29 bits per heavy atom. The highest BCUT2D eigenvalue weighted by Crippen LogP contribution is 2.37. The van der Waals surface area contributed by atoms with Gasteiger partial charge in [0.25, 0.3) is 11.4 Å². The largest absolute Gasteiger partial charge is 0.454 e. The van der Waals surface area contributed by atoms with Crippen LogP contribution in [0, 0.1) is 11.3 Å². The number of benzene rings is 1. The minimum atomic E-state index is -0.422. The van der Waals surface area contributed by atoms with Gasteiger partial charge in [0, 0.05) is 5.92 Å². The summed E-state index contributed by atoms with van der Waals surface area (Å²) < 4.78 is 17.3. The number of nitriles is 1. The summed E-state index contributed by atoms with van der Waals surface area (Å²) in [6.45, 7) is 3.87. The van der Waals surface area contributed by atoms with Crippen LogP contribution in [0.25, 0.3) is 16.7 Å². The summed E-state index contributed by atoms with van der Waals surface area (Å²) in [6, 6.07) is 5.24. The van der Waals surface area contributed by atoms with Gasteiger partial charge in [-0.05, 0) is 12.1 Å². The molecule has 0 saturated carbocycles. The average Bonchev–Trinajstić information content (AvgIpc) is 3.21. The Bertz CT molecular complexity index is 1060. The van der Waals surface area contributed by atoms with Gasteiger partial charge in [-0.2, -0.15) is 15.0 Å². The minimum absolute atomic E-state index is 0.0178. The fourth-order valence-electron chi connectivity index (χ4n) is 2.53. The Balaban J connectivity index is 1.97. The maximum Gasteiger partial charge on any atom is 0.282 e. The Labute approximate surface area is 135 Å². The van der Waals surface area contributed by atoms with Crippen molar-refractivity contribution in [2.24, 2.45) is 0 Å². The highest BCUT2D eigenvalue weighted by molar-refractivity contribution is 5.89. The van der Waals surface area contributed by atoms with E-state index in [9.17, 15) is 10.1 Å². The van der Waals surface area contributed by atoms with Gasteiger partial charge in [-0.15, -0.1) is 0 Å². The number of aromatic nitrogens is 3. The molecule has 24 heavy (non-hydrogen) atoms. The molecule has 0 amide bonds. The zero-order chi connectivity index (χ0) is 16.8. The molecule has 0 radical (unpaired) electrons. The van der Waals surface area contributed by atoms with Crippen molar-refractivity contribution in [3.05, 3.63) is 40.3 Å². The Morgan fingerprint density at radius 2 is 2.12 bits per heavy atom. The smallest absolute Gasteiger partial charge is 0.282 e. The lowest BCUT2D eigenvalue weighted by Crippen LogP contribution is -2.21. The summed E-state index contributed by atoms with van der Waals surface area (Å²) in [5.41, 5.74) is -0.401. The molecular weight excluding hydrogens is 312 g/mol. The third kappa shape index (κ3) is 1.95. The van der Waals surface area contributed by atoms with E-state index in [0.29, 0.717) is 28.2 Å². The van der Waals surface area contributed by atoms with Crippen LogP contribution in [0.2, 0.25) is 0 Å². The van der Waals surface area contributed by atoms with Gasteiger partial charge in [-0.1, -0.05) is 13.8 Å². The van der Waals surface area contributed by atoms with Gasteiger partial charge in [0.2, 0.25) is 18.4 Å². The SMILES string of the molecule is CC(C)c1nc(C#N)c(-n2ncc3c4c(ccc3c2=O)OCO4)o1. The molecule has 4 rings (SSSR count). The molecule has 2 aromatic heterocycles. The fourth-order valence-corrected chi connectivity index (χ4v) is 2.53. The van der Waals surface area contributed by atoms with Crippen molar-refractivity contribution in [3.8, 4) is 23.5 Å². The molecule has 0 bridgehead atoms. The van der Waals surface area contributed by atoms with Crippen LogP contribution in [0.4, 0.5) is 0 Å². The van der Waals surface area contributed by atoms with Gasteiger partial charge in [-0.25, -0.2) is 4.98 Å². The highest BCUT2D eigenvalue weighted by atomic mass is 16.7. The van der Waals surface area contributed by atoms with Crippen molar-refractivity contribution in [2.75, 3.05) is 6.79 Å². The lowest BCUT2D eigenvalue weighted by atomic mass is 10.1. The van der Waals surface area contributed by atoms with E-state index in [2.05, 4.69) is 10.1 Å². The molecule has 0 spiro atoms. The Hall–Kier alpha value is -3.34. The van der Waals surface area contributed by atoms with Crippen molar-refractivity contribution in [3.63, 3.8) is 0 Å². The number of hydrogen-bond acceptors (Lipinski definition) is 7. The first-order valence-electron chi connectivity index (χ1n) is 7.32. The van der Waals surface area contributed by atoms with Crippen molar-refractivity contribution in [1.29, 1.82) is 5.26 Å². The zero-order valence-electron chi connectivity index (χ0n) is 12.9. The van der Waals surface area contributed by atoms with E-state index in [1.807, 2.05) is 19.9 Å². The second-order valence-corrected chi connectivity index (χ2v) is 5.59.